The van der Waals surface area contributed by atoms with Crippen LogP contribution in [-0.4, -0.2) is 0 Å². The molecule has 1 aliphatic carbocycles. The number of benzene rings is 12. The van der Waals surface area contributed by atoms with Crippen molar-refractivity contribution in [1.82, 2.24) is 0 Å². The topological polar surface area (TPSA) is 3.24 Å². The molecule has 1 nitrogen and oxygen atoms in total. The zero-order valence-electron chi connectivity index (χ0n) is 39.7. The summed E-state index contributed by atoms with van der Waals surface area (Å²) in [5.41, 5.74) is 22.5. The first-order chi connectivity index (χ1) is 35.7. The van der Waals surface area contributed by atoms with Crippen LogP contribution >= 0.6 is 0 Å². The van der Waals surface area contributed by atoms with Crippen LogP contribution in [0, 0.1) is 0 Å². The van der Waals surface area contributed by atoms with Gasteiger partial charge in [-0.15, -0.1) is 0 Å². The average molecular weight is 916 g/mol. The van der Waals surface area contributed by atoms with Crippen molar-refractivity contribution in [2.75, 3.05) is 4.90 Å². The summed E-state index contributed by atoms with van der Waals surface area (Å²) >= 11 is 0. The predicted octanol–water partition coefficient (Wildman–Crippen LogP) is 19.0. The van der Waals surface area contributed by atoms with Crippen LogP contribution in [0.3, 0.4) is 0 Å². The average Bonchev–Trinajstić information content (AvgIpc) is 3.77. The summed E-state index contributed by atoms with van der Waals surface area (Å²) in [7, 11) is 0. The summed E-state index contributed by atoms with van der Waals surface area (Å²) in [4.78, 5) is 2.40. The quantitative estimate of drug-likeness (QED) is 0.132. The van der Waals surface area contributed by atoms with Gasteiger partial charge in [0.2, 0.25) is 0 Å². The van der Waals surface area contributed by atoms with Gasteiger partial charge in [0, 0.05) is 16.9 Å². The lowest BCUT2D eigenvalue weighted by Crippen LogP contribution is -2.28. The van der Waals surface area contributed by atoms with Crippen molar-refractivity contribution < 1.29 is 0 Å². The van der Waals surface area contributed by atoms with Crippen molar-refractivity contribution in [3.05, 3.63) is 320 Å². The molecular formula is C71H49N. The Morgan fingerprint density at radius 1 is 0.222 bits per heavy atom. The Kier molecular flexibility index (Phi) is 10.8. The lowest BCUT2D eigenvalue weighted by molar-refractivity contribution is 0.769. The third kappa shape index (κ3) is 7.51. The Hall–Kier alpha value is -9.30. The highest BCUT2D eigenvalue weighted by atomic mass is 15.1. The monoisotopic (exact) mass is 915 g/mol. The second-order valence-corrected chi connectivity index (χ2v) is 18.8. The van der Waals surface area contributed by atoms with Gasteiger partial charge in [0.25, 0.3) is 0 Å². The molecule has 338 valence electrons. The van der Waals surface area contributed by atoms with Crippen molar-refractivity contribution in [3.8, 4) is 66.8 Å². The zero-order valence-corrected chi connectivity index (χ0v) is 39.7. The lowest BCUT2D eigenvalue weighted by Gasteiger charge is -2.34. The third-order valence-electron chi connectivity index (χ3n) is 14.8. The molecule has 0 N–H and O–H groups in total. The van der Waals surface area contributed by atoms with E-state index < -0.39 is 5.41 Å². The minimum absolute atomic E-state index is 0.457. The Labute approximate surface area is 422 Å². The van der Waals surface area contributed by atoms with E-state index in [1.54, 1.807) is 0 Å². The predicted molar refractivity (Wildman–Crippen MR) is 303 cm³/mol. The summed E-state index contributed by atoms with van der Waals surface area (Å²) in [6.45, 7) is 0. The minimum atomic E-state index is -0.457. The molecule has 0 bridgehead atoms. The molecule has 12 aromatic rings. The molecule has 0 amide bonds. The molecule has 0 saturated carbocycles. The fourth-order valence-electron chi connectivity index (χ4n) is 11.3. The molecule has 0 unspecified atom stereocenters. The molecule has 0 radical (unpaired) electrons. The van der Waals surface area contributed by atoms with E-state index in [-0.39, 0.29) is 0 Å². The largest absolute Gasteiger partial charge is 0.310 e. The van der Waals surface area contributed by atoms with E-state index in [1.165, 1.54) is 99.8 Å². The first-order valence-electron chi connectivity index (χ1n) is 24.9. The van der Waals surface area contributed by atoms with E-state index >= 15 is 0 Å². The minimum Gasteiger partial charge on any atom is -0.310 e. The molecule has 0 fully saturated rings. The molecule has 0 atom stereocenters. The number of hydrogen-bond acceptors (Lipinski definition) is 1. The second kappa shape index (κ2) is 18.2. The van der Waals surface area contributed by atoms with Crippen molar-refractivity contribution >= 4 is 27.8 Å². The number of para-hydroxylation sites is 1. The summed E-state index contributed by atoms with van der Waals surface area (Å²) in [5.74, 6) is 0. The maximum atomic E-state index is 2.45. The van der Waals surface area contributed by atoms with Gasteiger partial charge in [-0.05, 0) is 143 Å². The Bertz CT molecular complexity index is 3840. The first kappa shape index (κ1) is 42.8. The Morgan fingerprint density at radius 3 is 1.28 bits per heavy atom. The fourth-order valence-corrected chi connectivity index (χ4v) is 11.3. The zero-order chi connectivity index (χ0) is 47.8. The molecule has 0 heterocycles. The van der Waals surface area contributed by atoms with Gasteiger partial charge in [-0.3, -0.25) is 0 Å². The summed E-state index contributed by atoms with van der Waals surface area (Å²) in [6, 6.07) is 109. The molecule has 13 rings (SSSR count). The van der Waals surface area contributed by atoms with Crippen molar-refractivity contribution in [2.45, 2.75) is 5.41 Å². The van der Waals surface area contributed by atoms with Crippen molar-refractivity contribution in [1.29, 1.82) is 0 Å². The molecule has 0 spiro atoms. The standard InChI is InChI=1S/C71H49N/c1-4-18-55(19-5-1)65-27-13-15-30-70(65)72(63-42-37-52(38-43-63)51-31-33-53(34-32-51)57-21-16-22-58(47-57)59-36-35-50-17-10-11-20-56(50)48-59)64-44-39-54(40-45-64)60-41-46-67-66-28-12-14-29-68(66)71(69(67)49-60,61-23-6-2-7-24-61)62-25-8-3-9-26-62/h1-49H. The van der Waals surface area contributed by atoms with Crippen LogP contribution in [0.15, 0.2) is 297 Å². The van der Waals surface area contributed by atoms with Crippen LogP contribution in [-0.2, 0) is 5.41 Å². The van der Waals surface area contributed by atoms with Gasteiger partial charge in [0.05, 0.1) is 11.1 Å². The summed E-state index contributed by atoms with van der Waals surface area (Å²) < 4.78 is 0. The molecule has 1 aliphatic rings. The number of fused-ring (bicyclic) bond motifs is 4. The number of nitrogens with zero attached hydrogens (tertiary/aromatic N) is 1. The molecule has 12 aromatic carbocycles. The summed E-state index contributed by atoms with van der Waals surface area (Å²) in [5, 5.41) is 2.51. The van der Waals surface area contributed by atoms with Gasteiger partial charge in [0.1, 0.15) is 0 Å². The van der Waals surface area contributed by atoms with E-state index in [4.69, 9.17) is 0 Å². The van der Waals surface area contributed by atoms with Gasteiger partial charge in [-0.2, -0.15) is 0 Å². The second-order valence-electron chi connectivity index (χ2n) is 18.8. The highest BCUT2D eigenvalue weighted by Gasteiger charge is 2.46. The SMILES string of the molecule is c1ccc(-c2ccccc2N(c2ccc(-c3ccc(-c4cccc(-c5ccc6ccccc6c5)c4)cc3)cc2)c2ccc(-c3ccc4c(c3)C(c3ccccc3)(c3ccccc3)c3ccccc3-4)cc2)cc1. The van der Waals surface area contributed by atoms with Crippen molar-refractivity contribution in [2.24, 2.45) is 0 Å². The first-order valence-corrected chi connectivity index (χ1v) is 24.9. The summed E-state index contributed by atoms with van der Waals surface area (Å²) in [6.07, 6.45) is 0. The molecule has 0 saturated heterocycles. The number of anilines is 3. The van der Waals surface area contributed by atoms with Crippen LogP contribution in [0.5, 0.6) is 0 Å². The van der Waals surface area contributed by atoms with Gasteiger partial charge in [0.15, 0.2) is 0 Å². The Morgan fingerprint density at radius 2 is 0.639 bits per heavy atom. The van der Waals surface area contributed by atoms with Gasteiger partial charge < -0.3 is 4.90 Å². The van der Waals surface area contributed by atoms with Gasteiger partial charge >= 0.3 is 0 Å². The fraction of sp³-hybridized carbons (Fsp3) is 0.0141. The molecule has 0 aliphatic heterocycles. The smallest absolute Gasteiger partial charge is 0.0713 e. The number of hydrogen-bond donors (Lipinski definition) is 0. The van der Waals surface area contributed by atoms with Crippen LogP contribution in [0.4, 0.5) is 17.1 Å². The van der Waals surface area contributed by atoms with E-state index in [0.717, 1.165) is 17.1 Å². The highest BCUT2D eigenvalue weighted by molar-refractivity contribution is 5.92. The molecule has 0 aromatic heterocycles. The van der Waals surface area contributed by atoms with E-state index in [9.17, 15) is 0 Å². The third-order valence-corrected chi connectivity index (χ3v) is 14.8. The molecule has 1 heteroatoms. The van der Waals surface area contributed by atoms with Crippen LogP contribution in [0.25, 0.3) is 77.5 Å². The molecule has 72 heavy (non-hydrogen) atoms. The van der Waals surface area contributed by atoms with Crippen molar-refractivity contribution in [3.63, 3.8) is 0 Å². The van der Waals surface area contributed by atoms with E-state index in [1.807, 2.05) is 0 Å². The van der Waals surface area contributed by atoms with E-state index in [0.29, 0.717) is 0 Å². The van der Waals surface area contributed by atoms with Gasteiger partial charge in [-0.25, -0.2) is 0 Å². The maximum absolute atomic E-state index is 2.45. The highest BCUT2D eigenvalue weighted by Crippen LogP contribution is 2.57. The van der Waals surface area contributed by atoms with Crippen LogP contribution in [0.1, 0.15) is 22.3 Å². The Balaban J connectivity index is 0.850. The van der Waals surface area contributed by atoms with E-state index in [2.05, 4.69) is 302 Å². The maximum Gasteiger partial charge on any atom is 0.0713 e. The molecular weight excluding hydrogens is 867 g/mol. The van der Waals surface area contributed by atoms with Crippen LogP contribution < -0.4 is 4.90 Å². The van der Waals surface area contributed by atoms with Crippen LogP contribution in [0.2, 0.25) is 0 Å². The van der Waals surface area contributed by atoms with Gasteiger partial charge in [-0.1, -0.05) is 249 Å². The lowest BCUT2D eigenvalue weighted by atomic mass is 9.67. The normalized spacial score (nSPS) is 12.3. The number of rotatable bonds is 10.